The van der Waals surface area contributed by atoms with Crippen molar-refractivity contribution in [3.05, 3.63) is 87.9 Å². The summed E-state index contributed by atoms with van der Waals surface area (Å²) < 4.78 is 12.9. The predicted molar refractivity (Wildman–Crippen MR) is 233 cm³/mol. The summed E-state index contributed by atoms with van der Waals surface area (Å²) in [5.41, 5.74) is 2.42. The fourth-order valence-corrected chi connectivity index (χ4v) is 10.9. The van der Waals surface area contributed by atoms with Crippen LogP contribution in [-0.4, -0.2) is 116 Å². The third kappa shape index (κ3) is 7.91. The van der Waals surface area contributed by atoms with Gasteiger partial charge in [0, 0.05) is 98.7 Å². The fourth-order valence-electron chi connectivity index (χ4n) is 10.7. The summed E-state index contributed by atoms with van der Waals surface area (Å²) in [5.74, 6) is -1.57. The van der Waals surface area contributed by atoms with E-state index in [-0.39, 0.29) is 58.5 Å². The van der Waals surface area contributed by atoms with Crippen molar-refractivity contribution in [3.8, 4) is 11.8 Å². The number of rotatable bonds is 11. The molecule has 1 saturated carbocycles. The van der Waals surface area contributed by atoms with E-state index in [1.54, 1.807) is 30.3 Å². The highest BCUT2D eigenvalue weighted by molar-refractivity contribution is 6.31. The number of nitrogens with one attached hydrogen (secondary N) is 2. The Morgan fingerprint density at radius 2 is 1.50 bits per heavy atom. The lowest BCUT2D eigenvalue weighted by Crippen LogP contribution is -2.74. The number of fused-ring (bicyclic) bond motifs is 1. The molecule has 15 heteroatoms. The number of amides is 5. The molecule has 3 aromatic carbocycles. The Morgan fingerprint density at radius 3 is 2.13 bits per heavy atom. The molecule has 1 unspecified atom stereocenters. The minimum Gasteiger partial charge on any atom is -0.489 e. The minimum atomic E-state index is -0.995. The number of piperazine rings is 1. The molecule has 1 atom stereocenters. The van der Waals surface area contributed by atoms with E-state index in [1.165, 1.54) is 0 Å². The van der Waals surface area contributed by atoms with Crippen LogP contribution >= 0.6 is 11.6 Å². The Kier molecular flexibility index (Phi) is 11.6. The van der Waals surface area contributed by atoms with Gasteiger partial charge in [-0.3, -0.25) is 39.1 Å². The maximum absolute atomic E-state index is 13.6. The van der Waals surface area contributed by atoms with E-state index in [0.717, 1.165) is 74.9 Å². The van der Waals surface area contributed by atoms with Gasteiger partial charge in [0.25, 0.3) is 17.7 Å². The van der Waals surface area contributed by atoms with Crippen molar-refractivity contribution in [1.82, 2.24) is 20.4 Å². The Morgan fingerprint density at radius 1 is 0.855 bits per heavy atom. The normalized spacial score (nSPS) is 24.2. The molecule has 326 valence electrons. The van der Waals surface area contributed by atoms with Crippen molar-refractivity contribution in [2.75, 3.05) is 62.2 Å². The standard InChI is InChI=1S/C47H54ClN7O7/c1-6-61-47(17-19-53(20-18-47)32-12-14-34-35(25-32)42(60)55(41(34)59)37-15-16-38(56)50-40(37)58)28-52-21-23-54(24-22-52)31-10-7-29(8-11-31)39(57)51-43-45(2,3)44(46(43,4)5)62-33-13-9-30(27-49)36(48)26-33/h7-14,25-26,37,43-44H,6,15-24,28H2,1-5H3,(H,51,57)(H,50,56,58)/t37?,43-,44-. The Labute approximate surface area is 367 Å². The van der Waals surface area contributed by atoms with Crippen LogP contribution in [0, 0.1) is 22.2 Å². The average molecular weight is 864 g/mol. The molecule has 0 aromatic heterocycles. The molecule has 4 heterocycles. The van der Waals surface area contributed by atoms with Gasteiger partial charge < -0.3 is 24.6 Å². The molecule has 5 aliphatic rings. The highest BCUT2D eigenvalue weighted by Gasteiger charge is 2.64. The summed E-state index contributed by atoms with van der Waals surface area (Å²) in [7, 11) is 0. The maximum Gasteiger partial charge on any atom is 0.262 e. The SMILES string of the molecule is CCOC1(CN2CCN(c3ccc(C(=O)N[C@H]4C(C)(C)[C@H](Oc5ccc(C#N)c(Cl)c5)C4(C)C)cc3)CC2)CCN(c2ccc3c(c2)C(=O)N(C2CCC(=O)NC2=O)C3=O)CC1. The zero-order valence-corrected chi connectivity index (χ0v) is 36.7. The number of hydrogen-bond acceptors (Lipinski definition) is 11. The summed E-state index contributed by atoms with van der Waals surface area (Å²) in [6.07, 6.45) is 1.60. The third-order valence-electron chi connectivity index (χ3n) is 13.7. The van der Waals surface area contributed by atoms with Crippen LogP contribution in [0.25, 0.3) is 0 Å². The van der Waals surface area contributed by atoms with Gasteiger partial charge in [0.15, 0.2) is 0 Å². The number of piperidine rings is 2. The number of ether oxygens (including phenoxy) is 2. The van der Waals surface area contributed by atoms with E-state index in [2.05, 4.69) is 59.1 Å². The van der Waals surface area contributed by atoms with Gasteiger partial charge in [0.1, 0.15) is 24.0 Å². The Hall–Kier alpha value is -5.49. The molecule has 0 spiro atoms. The van der Waals surface area contributed by atoms with Crippen LogP contribution in [0.4, 0.5) is 11.4 Å². The highest BCUT2D eigenvalue weighted by atomic mass is 35.5. The van der Waals surface area contributed by atoms with Gasteiger partial charge >= 0.3 is 0 Å². The molecule has 3 saturated heterocycles. The second-order valence-electron chi connectivity index (χ2n) is 18.4. The third-order valence-corrected chi connectivity index (χ3v) is 14.0. The first-order valence-electron chi connectivity index (χ1n) is 21.5. The monoisotopic (exact) mass is 863 g/mol. The van der Waals surface area contributed by atoms with E-state index in [4.69, 9.17) is 21.1 Å². The molecule has 0 bridgehead atoms. The molecule has 1 aliphatic carbocycles. The second-order valence-corrected chi connectivity index (χ2v) is 18.8. The van der Waals surface area contributed by atoms with Gasteiger partial charge in [0.05, 0.1) is 27.3 Å². The molecule has 4 fully saturated rings. The topological polar surface area (TPSA) is 165 Å². The van der Waals surface area contributed by atoms with Gasteiger partial charge in [0.2, 0.25) is 11.8 Å². The number of carbonyl (C=O) groups excluding carboxylic acids is 5. The lowest BCUT2D eigenvalue weighted by atomic mass is 9.49. The van der Waals surface area contributed by atoms with E-state index >= 15 is 0 Å². The summed E-state index contributed by atoms with van der Waals surface area (Å²) in [6, 6.07) is 19.1. The number of carbonyl (C=O) groups is 5. The van der Waals surface area contributed by atoms with Crippen LogP contribution in [-0.2, 0) is 14.3 Å². The molecule has 5 amide bonds. The van der Waals surface area contributed by atoms with Gasteiger partial charge in [-0.2, -0.15) is 5.26 Å². The maximum atomic E-state index is 13.6. The van der Waals surface area contributed by atoms with Crippen LogP contribution < -0.4 is 25.2 Å². The molecular weight excluding hydrogens is 810 g/mol. The summed E-state index contributed by atoms with van der Waals surface area (Å²) >= 11 is 6.26. The number of imide groups is 2. The zero-order chi connectivity index (χ0) is 44.1. The van der Waals surface area contributed by atoms with Gasteiger partial charge in [-0.25, -0.2) is 0 Å². The van der Waals surface area contributed by atoms with E-state index in [0.29, 0.717) is 28.5 Å². The average Bonchev–Trinajstić information content (AvgIpc) is 3.50. The molecule has 62 heavy (non-hydrogen) atoms. The van der Waals surface area contributed by atoms with Gasteiger partial charge in [-0.1, -0.05) is 39.3 Å². The molecule has 2 N–H and O–H groups in total. The smallest absolute Gasteiger partial charge is 0.262 e. The molecule has 14 nitrogen and oxygen atoms in total. The van der Waals surface area contributed by atoms with Crippen LogP contribution in [0.3, 0.4) is 0 Å². The van der Waals surface area contributed by atoms with Crippen LogP contribution in [0.15, 0.2) is 60.7 Å². The van der Waals surface area contributed by atoms with E-state index < -0.39 is 29.7 Å². The lowest BCUT2D eigenvalue weighted by molar-refractivity contribution is -0.164. The van der Waals surface area contributed by atoms with Crippen LogP contribution in [0.1, 0.15) is 96.9 Å². The summed E-state index contributed by atoms with van der Waals surface area (Å²) in [4.78, 5) is 72.5. The van der Waals surface area contributed by atoms with E-state index in [9.17, 15) is 29.2 Å². The fraction of sp³-hybridized carbons (Fsp3) is 0.489. The molecule has 4 aliphatic heterocycles. The van der Waals surface area contributed by atoms with Crippen molar-refractivity contribution >= 4 is 52.5 Å². The zero-order valence-electron chi connectivity index (χ0n) is 36.0. The van der Waals surface area contributed by atoms with Crippen molar-refractivity contribution in [2.45, 2.75) is 84.1 Å². The summed E-state index contributed by atoms with van der Waals surface area (Å²) in [6.45, 7) is 16.7. The van der Waals surface area contributed by atoms with Crippen LogP contribution in [0.2, 0.25) is 5.02 Å². The number of hydrogen-bond donors (Lipinski definition) is 2. The molecular formula is C47H54ClN7O7. The van der Waals surface area contributed by atoms with Crippen molar-refractivity contribution in [2.24, 2.45) is 10.8 Å². The highest BCUT2D eigenvalue weighted by Crippen LogP contribution is 2.55. The largest absolute Gasteiger partial charge is 0.489 e. The number of nitriles is 1. The number of nitrogens with zero attached hydrogens (tertiary/aromatic N) is 5. The number of benzene rings is 3. The first kappa shape index (κ1) is 43.2. The quantitative estimate of drug-likeness (QED) is 0.237. The molecule has 8 rings (SSSR count). The summed E-state index contributed by atoms with van der Waals surface area (Å²) in [5, 5.41) is 15.1. The number of anilines is 2. The van der Waals surface area contributed by atoms with Gasteiger partial charge in [-0.05, 0) is 80.8 Å². The Balaban J connectivity index is 0.827. The van der Waals surface area contributed by atoms with Crippen molar-refractivity contribution in [3.63, 3.8) is 0 Å². The second kappa shape index (κ2) is 16.7. The number of halogens is 1. The minimum absolute atomic E-state index is 0.0779. The van der Waals surface area contributed by atoms with Crippen molar-refractivity contribution in [1.29, 1.82) is 5.26 Å². The molecule has 0 radical (unpaired) electrons. The predicted octanol–water partition coefficient (Wildman–Crippen LogP) is 5.42. The van der Waals surface area contributed by atoms with Crippen molar-refractivity contribution < 1.29 is 33.4 Å². The first-order valence-corrected chi connectivity index (χ1v) is 21.9. The Bertz CT molecular complexity index is 2310. The van der Waals surface area contributed by atoms with Gasteiger partial charge in [-0.15, -0.1) is 0 Å². The van der Waals surface area contributed by atoms with Crippen LogP contribution in [0.5, 0.6) is 5.75 Å². The first-order chi connectivity index (χ1) is 29.5. The molecule has 3 aromatic rings. The lowest BCUT2D eigenvalue weighted by Gasteiger charge is -2.63. The van der Waals surface area contributed by atoms with E-state index in [1.807, 2.05) is 37.3 Å².